The number of ether oxygens (including phenoxy) is 1. The summed E-state index contributed by atoms with van der Waals surface area (Å²) in [6, 6.07) is 0.470. The van der Waals surface area contributed by atoms with Crippen molar-refractivity contribution >= 4 is 44.6 Å². The first kappa shape index (κ1) is 16.5. The number of halogens is 2. The highest BCUT2D eigenvalue weighted by molar-refractivity contribution is 14.1. The quantitative estimate of drug-likeness (QED) is 0.479. The molecule has 2 aliphatic rings. The van der Waals surface area contributed by atoms with Crippen molar-refractivity contribution in [3.8, 4) is 0 Å². The number of hydrogen-bond donors (Lipinski definition) is 0. The van der Waals surface area contributed by atoms with Crippen molar-refractivity contribution < 1.29 is 9.53 Å². The molecule has 7 heteroatoms. The number of amides is 1. The summed E-state index contributed by atoms with van der Waals surface area (Å²) in [6.07, 6.45) is 4.07. The van der Waals surface area contributed by atoms with Crippen molar-refractivity contribution in [2.24, 2.45) is 5.41 Å². The van der Waals surface area contributed by atoms with Gasteiger partial charge < -0.3 is 9.64 Å². The standard InChI is InChI=1S/C15H21BrIN3O2/c1-3-4-5-22-14(21)19-8-15(9-19)6-11(7-15)20-10(2)12(17)13(16)18-20/h11H,3-9H2,1-2H3. The normalized spacial score (nSPS) is 19.9. The Morgan fingerprint density at radius 2 is 2.18 bits per heavy atom. The zero-order chi connectivity index (χ0) is 15.9. The summed E-state index contributed by atoms with van der Waals surface area (Å²) in [5, 5.41) is 4.58. The Balaban J connectivity index is 1.48. The number of aromatic nitrogens is 2. The lowest BCUT2D eigenvalue weighted by Crippen LogP contribution is -2.64. The molecule has 0 N–H and O–H groups in total. The second-order valence-electron chi connectivity index (χ2n) is 6.52. The maximum absolute atomic E-state index is 11.9. The van der Waals surface area contributed by atoms with Crippen molar-refractivity contribution in [2.45, 2.75) is 45.6 Å². The maximum Gasteiger partial charge on any atom is 0.409 e. The number of unbranched alkanes of at least 4 members (excludes halogenated alkanes) is 1. The van der Waals surface area contributed by atoms with E-state index in [9.17, 15) is 4.79 Å². The fraction of sp³-hybridized carbons (Fsp3) is 0.733. The van der Waals surface area contributed by atoms with E-state index in [2.05, 4.69) is 62.1 Å². The molecule has 0 bridgehead atoms. The molecule has 1 saturated heterocycles. The van der Waals surface area contributed by atoms with E-state index in [4.69, 9.17) is 4.74 Å². The van der Waals surface area contributed by atoms with E-state index in [0.717, 1.165) is 43.4 Å². The van der Waals surface area contributed by atoms with Gasteiger partial charge in [0.1, 0.15) is 4.60 Å². The fourth-order valence-electron chi connectivity index (χ4n) is 3.48. The van der Waals surface area contributed by atoms with Gasteiger partial charge in [0.2, 0.25) is 0 Å². The fourth-order valence-corrected chi connectivity index (χ4v) is 4.29. The van der Waals surface area contributed by atoms with Crippen molar-refractivity contribution in [2.75, 3.05) is 19.7 Å². The maximum atomic E-state index is 11.9. The van der Waals surface area contributed by atoms with Crippen molar-refractivity contribution in [3.63, 3.8) is 0 Å². The molecule has 0 radical (unpaired) electrons. The summed E-state index contributed by atoms with van der Waals surface area (Å²) in [5.74, 6) is 0. The lowest BCUT2D eigenvalue weighted by atomic mass is 9.61. The molecule has 1 spiro atoms. The van der Waals surface area contributed by atoms with Crippen LogP contribution in [0, 0.1) is 15.9 Å². The van der Waals surface area contributed by atoms with Gasteiger partial charge in [-0.05, 0) is 64.7 Å². The molecular formula is C15H21BrIN3O2. The minimum Gasteiger partial charge on any atom is -0.449 e. The number of carbonyl (C=O) groups is 1. The zero-order valence-electron chi connectivity index (χ0n) is 12.9. The highest BCUT2D eigenvalue weighted by Crippen LogP contribution is 2.54. The second-order valence-corrected chi connectivity index (χ2v) is 8.35. The smallest absolute Gasteiger partial charge is 0.409 e. The Morgan fingerprint density at radius 3 is 2.73 bits per heavy atom. The van der Waals surface area contributed by atoms with Crippen LogP contribution in [0.15, 0.2) is 4.60 Å². The average Bonchev–Trinajstić information content (AvgIpc) is 2.64. The molecule has 0 unspecified atom stereocenters. The molecule has 2 heterocycles. The van der Waals surface area contributed by atoms with Gasteiger partial charge in [0.25, 0.3) is 0 Å². The summed E-state index contributed by atoms with van der Waals surface area (Å²) < 4.78 is 9.52. The number of hydrogen-bond acceptors (Lipinski definition) is 3. The van der Waals surface area contributed by atoms with Gasteiger partial charge >= 0.3 is 6.09 Å². The first-order valence-electron chi connectivity index (χ1n) is 7.77. The molecule has 3 rings (SSSR count). The van der Waals surface area contributed by atoms with Crippen LogP contribution in [-0.4, -0.2) is 40.5 Å². The molecule has 0 atom stereocenters. The van der Waals surface area contributed by atoms with Gasteiger partial charge in [0.05, 0.1) is 21.9 Å². The summed E-state index contributed by atoms with van der Waals surface area (Å²) in [5.41, 5.74) is 1.53. The van der Waals surface area contributed by atoms with Gasteiger partial charge in [0.15, 0.2) is 0 Å². The van der Waals surface area contributed by atoms with Crippen LogP contribution in [0.25, 0.3) is 0 Å². The van der Waals surface area contributed by atoms with Crippen LogP contribution < -0.4 is 0 Å². The van der Waals surface area contributed by atoms with Crippen LogP contribution in [-0.2, 0) is 4.74 Å². The zero-order valence-corrected chi connectivity index (χ0v) is 16.7. The molecule has 5 nitrogen and oxygen atoms in total. The second kappa shape index (κ2) is 6.30. The van der Waals surface area contributed by atoms with Crippen LogP contribution in [0.2, 0.25) is 0 Å². The first-order chi connectivity index (χ1) is 10.5. The molecule has 22 heavy (non-hydrogen) atoms. The molecule has 0 aromatic carbocycles. The van der Waals surface area contributed by atoms with E-state index in [-0.39, 0.29) is 6.09 Å². The Hall–Kier alpha value is -0.310. The molecule has 1 amide bonds. The highest BCUT2D eigenvalue weighted by atomic mass is 127. The van der Waals surface area contributed by atoms with Crippen LogP contribution in [0.4, 0.5) is 4.79 Å². The van der Waals surface area contributed by atoms with Gasteiger partial charge in [-0.3, -0.25) is 4.68 Å². The third-order valence-corrected chi connectivity index (χ3v) is 7.34. The average molecular weight is 482 g/mol. The van der Waals surface area contributed by atoms with Gasteiger partial charge in [-0.1, -0.05) is 13.3 Å². The van der Waals surface area contributed by atoms with Crippen LogP contribution in [0.1, 0.15) is 44.3 Å². The van der Waals surface area contributed by atoms with Crippen LogP contribution >= 0.6 is 38.5 Å². The van der Waals surface area contributed by atoms with Crippen molar-refractivity contribution in [1.82, 2.24) is 14.7 Å². The molecule has 1 aromatic rings. The molecule has 122 valence electrons. The molecule has 1 aromatic heterocycles. The lowest BCUT2D eigenvalue weighted by molar-refractivity contribution is -0.0826. The molecule has 1 aliphatic carbocycles. The van der Waals surface area contributed by atoms with E-state index in [0.29, 0.717) is 18.1 Å². The summed E-state index contributed by atoms with van der Waals surface area (Å²) >= 11 is 5.82. The van der Waals surface area contributed by atoms with E-state index in [1.807, 2.05) is 4.90 Å². The topological polar surface area (TPSA) is 47.4 Å². The number of nitrogens with zero attached hydrogens (tertiary/aromatic N) is 3. The Morgan fingerprint density at radius 1 is 1.50 bits per heavy atom. The third-order valence-electron chi connectivity index (χ3n) is 4.76. The molecule has 1 aliphatic heterocycles. The highest BCUT2D eigenvalue weighted by Gasteiger charge is 2.55. The van der Waals surface area contributed by atoms with Crippen molar-refractivity contribution in [3.05, 3.63) is 13.9 Å². The Labute approximate surface area is 153 Å². The first-order valence-corrected chi connectivity index (χ1v) is 9.65. The molecule has 2 fully saturated rings. The van der Waals surface area contributed by atoms with Crippen LogP contribution in [0.3, 0.4) is 0 Å². The van der Waals surface area contributed by atoms with Crippen LogP contribution in [0.5, 0.6) is 0 Å². The lowest BCUT2D eigenvalue weighted by Gasteiger charge is -2.58. The number of carbonyl (C=O) groups excluding carboxylic acids is 1. The van der Waals surface area contributed by atoms with Gasteiger partial charge in [-0.15, -0.1) is 0 Å². The summed E-state index contributed by atoms with van der Waals surface area (Å²) in [7, 11) is 0. The SMILES string of the molecule is CCCCOC(=O)N1CC2(CC(n3nc(Br)c(I)c3C)C2)C1. The molecule has 1 saturated carbocycles. The van der Waals surface area contributed by atoms with E-state index in [1.54, 1.807) is 0 Å². The van der Waals surface area contributed by atoms with E-state index < -0.39 is 0 Å². The van der Waals surface area contributed by atoms with Gasteiger partial charge in [0, 0.05) is 18.5 Å². The van der Waals surface area contributed by atoms with Crippen molar-refractivity contribution in [1.29, 1.82) is 0 Å². The third kappa shape index (κ3) is 2.90. The predicted molar refractivity (Wildman–Crippen MR) is 95.9 cm³/mol. The van der Waals surface area contributed by atoms with Gasteiger partial charge in [-0.25, -0.2) is 4.79 Å². The Kier molecular flexibility index (Phi) is 4.74. The minimum absolute atomic E-state index is 0.143. The summed E-state index contributed by atoms with van der Waals surface area (Å²) in [6.45, 7) is 6.43. The summed E-state index contributed by atoms with van der Waals surface area (Å²) in [4.78, 5) is 13.7. The number of likely N-dealkylation sites (tertiary alicyclic amines) is 1. The molecular weight excluding hydrogens is 461 g/mol. The minimum atomic E-state index is -0.143. The van der Waals surface area contributed by atoms with Gasteiger partial charge in [-0.2, -0.15) is 5.10 Å². The predicted octanol–water partition coefficient (Wildman–Crippen LogP) is 4.13. The number of rotatable bonds is 4. The van der Waals surface area contributed by atoms with E-state index in [1.165, 1.54) is 9.26 Å². The largest absolute Gasteiger partial charge is 0.449 e. The Bertz CT molecular complexity index is 576. The monoisotopic (exact) mass is 481 g/mol. The van der Waals surface area contributed by atoms with E-state index >= 15 is 0 Å².